The van der Waals surface area contributed by atoms with E-state index in [2.05, 4.69) is 29.8 Å². The zero-order valence-electron chi connectivity index (χ0n) is 11.0. The van der Waals surface area contributed by atoms with E-state index < -0.39 is 5.82 Å². The van der Waals surface area contributed by atoms with Gasteiger partial charge in [0.1, 0.15) is 5.82 Å². The second-order valence-corrected chi connectivity index (χ2v) is 5.35. The molecule has 5 heteroatoms. The largest absolute Gasteiger partial charge is 0.348 e. The smallest absolute Gasteiger partial charge is 0.251 e. The second-order valence-electron chi connectivity index (χ2n) is 4.87. The van der Waals surface area contributed by atoms with Crippen LogP contribution in [0.5, 0.6) is 0 Å². The molecule has 104 valence electrons. The van der Waals surface area contributed by atoms with E-state index in [1.54, 1.807) is 0 Å². The summed E-state index contributed by atoms with van der Waals surface area (Å²) in [4.78, 5) is 14.6. The number of nitrogens with one attached hydrogen (secondary N) is 1. The van der Waals surface area contributed by atoms with Crippen LogP contribution in [0.4, 0.5) is 4.39 Å². The summed E-state index contributed by atoms with van der Waals surface area (Å²) >= 11 is 3.99. The number of piperidine rings is 1. The molecule has 2 rings (SSSR count). The lowest BCUT2D eigenvalue weighted by atomic mass is 10.1. The third-order valence-corrected chi connectivity index (χ3v) is 3.84. The van der Waals surface area contributed by atoms with Crippen molar-refractivity contribution in [3.63, 3.8) is 0 Å². The van der Waals surface area contributed by atoms with E-state index in [1.807, 2.05) is 0 Å². The first-order valence-electron chi connectivity index (χ1n) is 6.62. The number of benzene rings is 1. The summed E-state index contributed by atoms with van der Waals surface area (Å²) in [6.45, 7) is 5.11. The van der Waals surface area contributed by atoms with Crippen LogP contribution in [-0.4, -0.2) is 36.5 Å². The molecule has 1 atom stereocenters. The molecule has 1 aliphatic heterocycles. The Balaban J connectivity index is 1.98. The van der Waals surface area contributed by atoms with Gasteiger partial charge >= 0.3 is 0 Å². The van der Waals surface area contributed by atoms with Crippen molar-refractivity contribution in [3.05, 3.63) is 29.6 Å². The quantitative estimate of drug-likeness (QED) is 0.834. The van der Waals surface area contributed by atoms with Gasteiger partial charge in [0.15, 0.2) is 0 Å². The fourth-order valence-electron chi connectivity index (χ4n) is 2.38. The Morgan fingerprint density at radius 2 is 2.37 bits per heavy atom. The summed E-state index contributed by atoms with van der Waals surface area (Å²) in [7, 11) is 0. The van der Waals surface area contributed by atoms with Crippen molar-refractivity contribution in [2.45, 2.75) is 30.7 Å². The van der Waals surface area contributed by atoms with Gasteiger partial charge in [-0.2, -0.15) is 0 Å². The average Bonchev–Trinajstić information content (AvgIpc) is 2.42. The van der Waals surface area contributed by atoms with Gasteiger partial charge in [0, 0.05) is 23.0 Å². The molecule has 1 unspecified atom stereocenters. The molecule has 19 heavy (non-hydrogen) atoms. The molecule has 1 amide bonds. The predicted molar refractivity (Wildman–Crippen MR) is 76.3 cm³/mol. The molecule has 1 fully saturated rings. The van der Waals surface area contributed by atoms with Crippen molar-refractivity contribution in [1.82, 2.24) is 10.2 Å². The van der Waals surface area contributed by atoms with Crippen LogP contribution in [0.3, 0.4) is 0 Å². The highest BCUT2D eigenvalue weighted by atomic mass is 32.1. The summed E-state index contributed by atoms with van der Waals surface area (Å²) in [5.74, 6) is -0.562. The minimum atomic E-state index is -0.408. The second kappa shape index (κ2) is 6.39. The molecule has 3 nitrogen and oxygen atoms in total. The Morgan fingerprint density at radius 3 is 3.05 bits per heavy atom. The number of carbonyl (C=O) groups is 1. The third kappa shape index (κ3) is 3.70. The Labute approximate surface area is 118 Å². The standard InChI is InChI=1S/C14H19FN2OS/c1-2-17-7-3-4-11(9-17)16-14(18)10-5-6-12(15)13(19)8-10/h5-6,8,11,19H,2-4,7,9H2,1H3,(H,16,18). The van der Waals surface area contributed by atoms with Gasteiger partial charge in [-0.3, -0.25) is 4.79 Å². The van der Waals surface area contributed by atoms with Gasteiger partial charge < -0.3 is 10.2 Å². The van der Waals surface area contributed by atoms with E-state index in [0.29, 0.717) is 5.56 Å². The Kier molecular flexibility index (Phi) is 4.82. The Hall–Kier alpha value is -1.07. The number of nitrogens with zero attached hydrogens (tertiary/aromatic N) is 1. The topological polar surface area (TPSA) is 32.3 Å². The number of thiol groups is 1. The van der Waals surface area contributed by atoms with E-state index in [0.717, 1.165) is 32.5 Å². The number of rotatable bonds is 3. The van der Waals surface area contributed by atoms with Crippen molar-refractivity contribution in [3.8, 4) is 0 Å². The number of amides is 1. The number of likely N-dealkylation sites (N-methyl/N-ethyl adjacent to an activating group) is 1. The van der Waals surface area contributed by atoms with Gasteiger partial charge in [0.2, 0.25) is 0 Å². The Bertz CT molecular complexity index is 467. The molecule has 1 heterocycles. The van der Waals surface area contributed by atoms with Crippen LogP contribution < -0.4 is 5.32 Å². The lowest BCUT2D eigenvalue weighted by Gasteiger charge is -2.32. The van der Waals surface area contributed by atoms with Gasteiger partial charge in [-0.15, -0.1) is 12.6 Å². The van der Waals surface area contributed by atoms with Crippen molar-refractivity contribution in [1.29, 1.82) is 0 Å². The predicted octanol–water partition coefficient (Wildman–Crippen LogP) is 2.33. The summed E-state index contributed by atoms with van der Waals surface area (Å²) in [5.41, 5.74) is 0.458. The first-order valence-corrected chi connectivity index (χ1v) is 7.06. The number of halogens is 1. The van der Waals surface area contributed by atoms with Crippen LogP contribution in [0.1, 0.15) is 30.1 Å². The minimum absolute atomic E-state index is 0.154. The molecule has 1 N–H and O–H groups in total. The maximum Gasteiger partial charge on any atom is 0.251 e. The highest BCUT2D eigenvalue weighted by molar-refractivity contribution is 7.80. The molecule has 0 aliphatic carbocycles. The third-order valence-electron chi connectivity index (χ3n) is 3.50. The van der Waals surface area contributed by atoms with Crippen molar-refractivity contribution in [2.75, 3.05) is 19.6 Å². The number of carbonyl (C=O) groups excluding carboxylic acids is 1. The maximum atomic E-state index is 13.1. The van der Waals surface area contributed by atoms with Gasteiger partial charge in [-0.05, 0) is 44.1 Å². The van der Waals surface area contributed by atoms with Crippen LogP contribution in [0.2, 0.25) is 0 Å². The highest BCUT2D eigenvalue weighted by Crippen LogP contribution is 2.15. The minimum Gasteiger partial charge on any atom is -0.348 e. The lowest BCUT2D eigenvalue weighted by molar-refractivity contribution is 0.0905. The fraction of sp³-hybridized carbons (Fsp3) is 0.500. The lowest BCUT2D eigenvalue weighted by Crippen LogP contribution is -2.47. The maximum absolute atomic E-state index is 13.1. The summed E-state index contributed by atoms with van der Waals surface area (Å²) in [6.07, 6.45) is 2.09. The van der Waals surface area contributed by atoms with Gasteiger partial charge in [0.25, 0.3) is 5.91 Å². The van der Waals surface area contributed by atoms with E-state index in [1.165, 1.54) is 18.2 Å². The zero-order valence-corrected chi connectivity index (χ0v) is 11.9. The number of hydrogen-bond donors (Lipinski definition) is 2. The molecule has 1 aliphatic rings. The van der Waals surface area contributed by atoms with E-state index in [9.17, 15) is 9.18 Å². The van der Waals surface area contributed by atoms with E-state index in [-0.39, 0.29) is 16.8 Å². The van der Waals surface area contributed by atoms with Gasteiger partial charge in [-0.1, -0.05) is 6.92 Å². The molecular formula is C14H19FN2OS. The van der Waals surface area contributed by atoms with Gasteiger partial charge in [0.05, 0.1) is 0 Å². The summed E-state index contributed by atoms with van der Waals surface area (Å²) in [5, 5.41) is 3.01. The summed E-state index contributed by atoms with van der Waals surface area (Å²) < 4.78 is 13.1. The molecule has 0 radical (unpaired) electrons. The zero-order chi connectivity index (χ0) is 13.8. The highest BCUT2D eigenvalue weighted by Gasteiger charge is 2.20. The van der Waals surface area contributed by atoms with Crippen LogP contribution in [-0.2, 0) is 0 Å². The molecule has 1 aromatic rings. The Morgan fingerprint density at radius 1 is 1.58 bits per heavy atom. The monoisotopic (exact) mass is 282 g/mol. The number of likely N-dealkylation sites (tertiary alicyclic amines) is 1. The van der Waals surface area contributed by atoms with Crippen molar-refractivity contribution < 1.29 is 9.18 Å². The first-order chi connectivity index (χ1) is 9.10. The van der Waals surface area contributed by atoms with Crippen molar-refractivity contribution in [2.24, 2.45) is 0 Å². The molecular weight excluding hydrogens is 263 g/mol. The average molecular weight is 282 g/mol. The van der Waals surface area contributed by atoms with E-state index in [4.69, 9.17) is 0 Å². The molecule has 1 saturated heterocycles. The van der Waals surface area contributed by atoms with Crippen LogP contribution in [0.15, 0.2) is 23.1 Å². The fourth-order valence-corrected chi connectivity index (χ4v) is 2.60. The summed E-state index contributed by atoms with van der Waals surface area (Å²) in [6, 6.07) is 4.41. The van der Waals surface area contributed by atoms with E-state index >= 15 is 0 Å². The van der Waals surface area contributed by atoms with Crippen LogP contribution in [0.25, 0.3) is 0 Å². The molecule has 1 aromatic carbocycles. The normalized spacial score (nSPS) is 20.3. The first kappa shape index (κ1) is 14.3. The van der Waals surface area contributed by atoms with Gasteiger partial charge in [-0.25, -0.2) is 4.39 Å². The molecule has 0 bridgehead atoms. The van der Waals surface area contributed by atoms with Crippen LogP contribution in [0, 0.1) is 5.82 Å². The molecule has 0 aromatic heterocycles. The molecule has 0 spiro atoms. The van der Waals surface area contributed by atoms with Crippen molar-refractivity contribution >= 4 is 18.5 Å². The SMILES string of the molecule is CCN1CCCC(NC(=O)c2ccc(F)c(S)c2)C1. The number of hydrogen-bond acceptors (Lipinski definition) is 3. The molecule has 0 saturated carbocycles. The van der Waals surface area contributed by atoms with Crippen LogP contribution >= 0.6 is 12.6 Å².